The molecule has 13 heavy (non-hydrogen) atoms. The Morgan fingerprint density at radius 3 is 3.15 bits per heavy atom. The number of fused-ring (bicyclic) bond motifs is 1. The molecule has 3 nitrogen and oxygen atoms in total. The topological polar surface area (TPSA) is 27.1 Å². The van der Waals surface area contributed by atoms with E-state index in [0.717, 1.165) is 15.5 Å². The Kier molecular flexibility index (Phi) is 2.33. The molecule has 0 spiro atoms. The molecule has 4 heteroatoms. The van der Waals surface area contributed by atoms with Gasteiger partial charge in [-0.1, -0.05) is 15.9 Å². The highest BCUT2D eigenvalue weighted by Crippen LogP contribution is 2.18. The van der Waals surface area contributed by atoms with E-state index in [1.165, 1.54) is 0 Å². The van der Waals surface area contributed by atoms with Gasteiger partial charge in [-0.05, 0) is 18.2 Å². The largest absolute Gasteiger partial charge is 0.364 e. The van der Waals surface area contributed by atoms with Crippen LogP contribution in [0.15, 0.2) is 29.0 Å². The maximum absolute atomic E-state index is 5.04. The summed E-state index contributed by atoms with van der Waals surface area (Å²) < 4.78 is 8.05. The van der Waals surface area contributed by atoms with Crippen LogP contribution < -0.4 is 0 Å². The van der Waals surface area contributed by atoms with Gasteiger partial charge in [0.2, 0.25) is 0 Å². The Hall–Kier alpha value is -0.870. The molecule has 1 heterocycles. The number of aromatic nitrogens is 2. The summed E-state index contributed by atoms with van der Waals surface area (Å²) in [6.07, 6.45) is 1.78. The molecule has 0 saturated carbocycles. The monoisotopic (exact) mass is 240 g/mol. The Morgan fingerprint density at radius 1 is 1.54 bits per heavy atom. The molecule has 0 aliphatic rings. The zero-order chi connectivity index (χ0) is 9.26. The third kappa shape index (κ3) is 1.59. The van der Waals surface area contributed by atoms with Crippen molar-refractivity contribution in [3.63, 3.8) is 0 Å². The van der Waals surface area contributed by atoms with Crippen molar-refractivity contribution in [1.82, 2.24) is 9.55 Å². The van der Waals surface area contributed by atoms with Gasteiger partial charge in [-0.25, -0.2) is 4.98 Å². The van der Waals surface area contributed by atoms with Crippen LogP contribution >= 0.6 is 15.9 Å². The molecule has 0 N–H and O–H groups in total. The lowest BCUT2D eigenvalue weighted by Gasteiger charge is -2.01. The smallest absolute Gasteiger partial charge is 0.123 e. The van der Waals surface area contributed by atoms with E-state index in [1.54, 1.807) is 13.4 Å². The summed E-state index contributed by atoms with van der Waals surface area (Å²) in [7, 11) is 1.67. The number of halogens is 1. The highest BCUT2D eigenvalue weighted by atomic mass is 79.9. The van der Waals surface area contributed by atoms with Gasteiger partial charge in [0.1, 0.15) is 6.73 Å². The van der Waals surface area contributed by atoms with Crippen LogP contribution in [0.1, 0.15) is 0 Å². The molecule has 0 aliphatic carbocycles. The molecule has 68 valence electrons. The minimum atomic E-state index is 0.535. The predicted molar refractivity (Wildman–Crippen MR) is 54.4 cm³/mol. The van der Waals surface area contributed by atoms with E-state index in [9.17, 15) is 0 Å². The van der Waals surface area contributed by atoms with Crippen molar-refractivity contribution in [2.75, 3.05) is 7.11 Å². The molecule has 1 aromatic carbocycles. The summed E-state index contributed by atoms with van der Waals surface area (Å²) in [6, 6.07) is 5.99. The van der Waals surface area contributed by atoms with Crippen molar-refractivity contribution in [1.29, 1.82) is 0 Å². The van der Waals surface area contributed by atoms with E-state index >= 15 is 0 Å². The van der Waals surface area contributed by atoms with Crippen LogP contribution in [0.25, 0.3) is 11.0 Å². The lowest BCUT2D eigenvalue weighted by atomic mass is 10.3. The first-order chi connectivity index (χ1) is 6.31. The number of hydrogen-bond donors (Lipinski definition) is 0. The summed E-state index contributed by atoms with van der Waals surface area (Å²) in [4.78, 5) is 4.24. The van der Waals surface area contributed by atoms with Crippen molar-refractivity contribution in [3.8, 4) is 0 Å². The van der Waals surface area contributed by atoms with Gasteiger partial charge in [-0.3, -0.25) is 0 Å². The van der Waals surface area contributed by atoms with Crippen LogP contribution in [-0.4, -0.2) is 16.7 Å². The zero-order valence-electron chi connectivity index (χ0n) is 7.20. The van der Waals surface area contributed by atoms with Gasteiger partial charge < -0.3 is 9.30 Å². The first kappa shape index (κ1) is 8.72. The quantitative estimate of drug-likeness (QED) is 0.807. The molecule has 0 atom stereocenters. The molecular formula is C9H9BrN2O. The zero-order valence-corrected chi connectivity index (χ0v) is 8.78. The number of rotatable bonds is 2. The van der Waals surface area contributed by atoms with E-state index in [-0.39, 0.29) is 0 Å². The van der Waals surface area contributed by atoms with Crippen molar-refractivity contribution in [3.05, 3.63) is 29.0 Å². The van der Waals surface area contributed by atoms with Gasteiger partial charge in [0.05, 0.1) is 17.4 Å². The SMILES string of the molecule is COCn1cnc2ccc(Br)cc21. The van der Waals surface area contributed by atoms with Gasteiger partial charge in [-0.15, -0.1) is 0 Å². The molecule has 0 fully saturated rings. The third-order valence-electron chi connectivity index (χ3n) is 1.85. The fourth-order valence-electron chi connectivity index (χ4n) is 1.27. The first-order valence-electron chi connectivity index (χ1n) is 3.90. The molecule has 1 aromatic heterocycles. The molecule has 0 amide bonds. The number of benzene rings is 1. The van der Waals surface area contributed by atoms with Crippen molar-refractivity contribution < 1.29 is 4.74 Å². The molecule has 0 radical (unpaired) electrons. The Labute approximate surface area is 84.5 Å². The summed E-state index contributed by atoms with van der Waals surface area (Å²) in [5.74, 6) is 0. The van der Waals surface area contributed by atoms with E-state index in [1.807, 2.05) is 22.8 Å². The predicted octanol–water partition coefficient (Wildman–Crippen LogP) is 2.40. The van der Waals surface area contributed by atoms with Crippen molar-refractivity contribution >= 4 is 27.0 Å². The maximum Gasteiger partial charge on any atom is 0.123 e. The van der Waals surface area contributed by atoms with E-state index < -0.39 is 0 Å². The number of imidazole rings is 1. The number of nitrogens with zero attached hydrogens (tertiary/aromatic N) is 2. The molecule has 0 unspecified atom stereocenters. The minimum absolute atomic E-state index is 0.535. The van der Waals surface area contributed by atoms with Gasteiger partial charge in [0.15, 0.2) is 0 Å². The summed E-state index contributed by atoms with van der Waals surface area (Å²) in [5, 5.41) is 0. The fourth-order valence-corrected chi connectivity index (χ4v) is 1.62. The van der Waals surface area contributed by atoms with Crippen LogP contribution in [-0.2, 0) is 11.5 Å². The van der Waals surface area contributed by atoms with E-state index in [0.29, 0.717) is 6.73 Å². The number of methoxy groups -OCH3 is 1. The molecule has 0 bridgehead atoms. The highest BCUT2D eigenvalue weighted by Gasteiger charge is 2.01. The standard InChI is InChI=1S/C9H9BrN2O/c1-13-6-12-5-11-8-3-2-7(10)4-9(8)12/h2-5H,6H2,1H3. The Morgan fingerprint density at radius 2 is 2.38 bits per heavy atom. The highest BCUT2D eigenvalue weighted by molar-refractivity contribution is 9.10. The first-order valence-corrected chi connectivity index (χ1v) is 4.70. The van der Waals surface area contributed by atoms with Gasteiger partial charge >= 0.3 is 0 Å². The minimum Gasteiger partial charge on any atom is -0.364 e. The number of ether oxygens (including phenoxy) is 1. The lowest BCUT2D eigenvalue weighted by Crippen LogP contribution is -1.96. The fraction of sp³-hybridized carbons (Fsp3) is 0.222. The summed E-state index contributed by atoms with van der Waals surface area (Å²) in [6.45, 7) is 0.535. The number of hydrogen-bond acceptors (Lipinski definition) is 2. The van der Waals surface area contributed by atoms with Crippen LogP contribution in [0.3, 0.4) is 0 Å². The second-order valence-electron chi connectivity index (χ2n) is 2.77. The van der Waals surface area contributed by atoms with Crippen LogP contribution in [0.4, 0.5) is 0 Å². The molecule has 2 aromatic rings. The maximum atomic E-state index is 5.04. The van der Waals surface area contributed by atoms with E-state index in [2.05, 4.69) is 20.9 Å². The molecular weight excluding hydrogens is 232 g/mol. The Balaban J connectivity index is 2.58. The lowest BCUT2D eigenvalue weighted by molar-refractivity contribution is 0.134. The molecule has 2 rings (SSSR count). The van der Waals surface area contributed by atoms with Crippen LogP contribution in [0.5, 0.6) is 0 Å². The van der Waals surface area contributed by atoms with E-state index in [4.69, 9.17) is 4.74 Å². The summed E-state index contributed by atoms with van der Waals surface area (Å²) >= 11 is 3.42. The van der Waals surface area contributed by atoms with Gasteiger partial charge in [0, 0.05) is 11.6 Å². The second kappa shape index (κ2) is 3.47. The third-order valence-corrected chi connectivity index (χ3v) is 2.34. The second-order valence-corrected chi connectivity index (χ2v) is 3.68. The van der Waals surface area contributed by atoms with Crippen LogP contribution in [0.2, 0.25) is 0 Å². The van der Waals surface area contributed by atoms with Gasteiger partial charge in [0.25, 0.3) is 0 Å². The van der Waals surface area contributed by atoms with Crippen molar-refractivity contribution in [2.24, 2.45) is 0 Å². The molecule has 0 aliphatic heterocycles. The van der Waals surface area contributed by atoms with Crippen molar-refractivity contribution in [2.45, 2.75) is 6.73 Å². The Bertz CT molecular complexity index is 424. The molecule has 0 saturated heterocycles. The van der Waals surface area contributed by atoms with Gasteiger partial charge in [-0.2, -0.15) is 0 Å². The average Bonchev–Trinajstić information content (AvgIpc) is 2.49. The summed E-state index contributed by atoms with van der Waals surface area (Å²) in [5.41, 5.74) is 2.07. The van der Waals surface area contributed by atoms with Crippen LogP contribution in [0, 0.1) is 0 Å². The normalized spacial score (nSPS) is 10.9. The average molecular weight is 241 g/mol.